The van der Waals surface area contributed by atoms with Gasteiger partial charge < -0.3 is 14.8 Å². The summed E-state index contributed by atoms with van der Waals surface area (Å²) < 4.78 is 10.5. The Morgan fingerprint density at radius 2 is 1.83 bits per heavy atom. The van der Waals surface area contributed by atoms with E-state index in [-0.39, 0.29) is 17.5 Å². The molecule has 1 aliphatic rings. The van der Waals surface area contributed by atoms with Crippen LogP contribution in [0.5, 0.6) is 0 Å². The van der Waals surface area contributed by atoms with E-state index in [2.05, 4.69) is 17.6 Å². The highest BCUT2D eigenvalue weighted by Gasteiger charge is 2.26. The number of hydrogen-bond acceptors (Lipinski definition) is 5. The maximum absolute atomic E-state index is 12.4. The summed E-state index contributed by atoms with van der Waals surface area (Å²) in [5.41, 5.74) is 0.0188. The van der Waals surface area contributed by atoms with Crippen molar-refractivity contribution in [3.05, 3.63) is 29.8 Å². The second-order valence-corrected chi connectivity index (χ2v) is 8.63. The summed E-state index contributed by atoms with van der Waals surface area (Å²) in [5, 5.41) is 5.58. The van der Waals surface area contributed by atoms with Crippen molar-refractivity contribution in [2.75, 3.05) is 5.32 Å². The zero-order chi connectivity index (χ0) is 21.6. The minimum absolute atomic E-state index is 0.124. The van der Waals surface area contributed by atoms with E-state index in [0.29, 0.717) is 11.6 Å². The average molecular weight is 405 g/mol. The van der Waals surface area contributed by atoms with E-state index in [0.717, 1.165) is 19.3 Å². The summed E-state index contributed by atoms with van der Waals surface area (Å²) in [6.07, 6.45) is 2.81. The average Bonchev–Trinajstić information content (AvgIpc) is 2.62. The highest BCUT2D eigenvalue weighted by Crippen LogP contribution is 2.24. The molecular formula is C22H32N2O5. The molecule has 2 amide bonds. The Bertz CT molecular complexity index is 741. The number of anilines is 1. The summed E-state index contributed by atoms with van der Waals surface area (Å²) in [6, 6.07) is 6.44. The largest absolute Gasteiger partial charge is 0.449 e. The zero-order valence-electron chi connectivity index (χ0n) is 17.9. The van der Waals surface area contributed by atoms with E-state index in [1.807, 2.05) is 0 Å². The maximum Gasteiger partial charge on any atom is 0.412 e. The molecular weight excluding hydrogens is 372 g/mol. The molecule has 1 fully saturated rings. The number of rotatable bonds is 5. The van der Waals surface area contributed by atoms with Gasteiger partial charge in [-0.25, -0.2) is 9.59 Å². The van der Waals surface area contributed by atoms with Gasteiger partial charge >= 0.3 is 12.1 Å². The third-order valence-corrected chi connectivity index (χ3v) is 4.84. The fraction of sp³-hybridized carbons (Fsp3) is 0.591. The summed E-state index contributed by atoms with van der Waals surface area (Å²) in [6.45, 7) is 8.98. The number of amides is 2. The molecule has 2 rings (SSSR count). The molecule has 0 spiro atoms. The molecule has 7 heteroatoms. The van der Waals surface area contributed by atoms with E-state index < -0.39 is 23.8 Å². The fourth-order valence-corrected chi connectivity index (χ4v) is 3.26. The van der Waals surface area contributed by atoms with Crippen LogP contribution in [0.3, 0.4) is 0 Å². The number of hydrogen-bond donors (Lipinski definition) is 2. The molecule has 1 aromatic carbocycles. The first-order valence-corrected chi connectivity index (χ1v) is 10.2. The van der Waals surface area contributed by atoms with Crippen LogP contribution in [0.1, 0.15) is 70.7 Å². The second-order valence-electron chi connectivity index (χ2n) is 8.63. The lowest BCUT2D eigenvalue weighted by Gasteiger charge is -2.30. The van der Waals surface area contributed by atoms with Crippen LogP contribution in [0.4, 0.5) is 10.5 Å². The van der Waals surface area contributed by atoms with Crippen molar-refractivity contribution in [2.24, 2.45) is 5.92 Å². The van der Waals surface area contributed by atoms with E-state index in [9.17, 15) is 14.4 Å². The van der Waals surface area contributed by atoms with Crippen LogP contribution in [-0.4, -0.2) is 35.7 Å². The van der Waals surface area contributed by atoms with Gasteiger partial charge in [-0.3, -0.25) is 10.1 Å². The molecule has 1 saturated carbocycles. The van der Waals surface area contributed by atoms with Crippen LogP contribution in [-0.2, 0) is 14.3 Å². The predicted octanol–water partition coefficient (Wildman–Crippen LogP) is 4.27. The van der Waals surface area contributed by atoms with Crippen molar-refractivity contribution in [1.29, 1.82) is 0 Å². The lowest BCUT2D eigenvalue weighted by molar-refractivity contribution is -0.130. The van der Waals surface area contributed by atoms with Crippen LogP contribution >= 0.6 is 0 Å². The molecule has 3 atom stereocenters. The Morgan fingerprint density at radius 1 is 1.14 bits per heavy atom. The highest BCUT2D eigenvalue weighted by atomic mass is 16.6. The molecule has 2 N–H and O–H groups in total. The first-order chi connectivity index (χ1) is 13.5. The second kappa shape index (κ2) is 9.76. The molecule has 7 nitrogen and oxygen atoms in total. The van der Waals surface area contributed by atoms with Crippen LogP contribution < -0.4 is 10.6 Å². The SMILES string of the molecule is C[C@@H](OC(=O)c1cccc(NC(=O)OC(C)(C)C)c1)C(=O)N[C@@H]1CCCC[C@@H]1C. The third-order valence-electron chi connectivity index (χ3n) is 4.84. The van der Waals surface area contributed by atoms with E-state index in [1.54, 1.807) is 45.9 Å². The Labute approximate surface area is 172 Å². The van der Waals surface area contributed by atoms with Crippen molar-refractivity contribution in [3.8, 4) is 0 Å². The van der Waals surface area contributed by atoms with E-state index in [4.69, 9.17) is 9.47 Å². The molecule has 0 bridgehead atoms. The molecule has 160 valence electrons. The van der Waals surface area contributed by atoms with Gasteiger partial charge in [0.1, 0.15) is 5.60 Å². The summed E-state index contributed by atoms with van der Waals surface area (Å²) in [5.74, 6) is -0.497. The summed E-state index contributed by atoms with van der Waals surface area (Å²) in [4.78, 5) is 36.7. The number of esters is 1. The van der Waals surface area contributed by atoms with Gasteiger partial charge in [0, 0.05) is 11.7 Å². The fourth-order valence-electron chi connectivity index (χ4n) is 3.26. The van der Waals surface area contributed by atoms with Gasteiger partial charge in [-0.15, -0.1) is 0 Å². The zero-order valence-corrected chi connectivity index (χ0v) is 17.9. The molecule has 1 aromatic rings. The normalized spacial score (nSPS) is 20.3. The Hall–Kier alpha value is -2.57. The summed E-state index contributed by atoms with van der Waals surface area (Å²) >= 11 is 0. The van der Waals surface area contributed by atoms with Crippen LogP contribution in [0.25, 0.3) is 0 Å². The Balaban J connectivity index is 1.92. The van der Waals surface area contributed by atoms with Gasteiger partial charge in [-0.2, -0.15) is 0 Å². The molecule has 0 saturated heterocycles. The van der Waals surface area contributed by atoms with Crippen molar-refractivity contribution >= 4 is 23.7 Å². The van der Waals surface area contributed by atoms with Crippen LogP contribution in [0.15, 0.2) is 24.3 Å². The number of ether oxygens (including phenoxy) is 2. The van der Waals surface area contributed by atoms with Gasteiger partial charge in [0.25, 0.3) is 5.91 Å². The predicted molar refractivity (Wildman–Crippen MR) is 111 cm³/mol. The molecule has 0 heterocycles. The van der Waals surface area contributed by atoms with E-state index in [1.165, 1.54) is 12.5 Å². The topological polar surface area (TPSA) is 93.7 Å². The standard InChI is InChI=1S/C22H32N2O5/c1-14-9-6-7-12-18(14)24-19(25)15(2)28-20(26)16-10-8-11-17(13-16)23-21(27)29-22(3,4)5/h8,10-11,13-15,18H,6-7,9,12H2,1-5H3,(H,23,27)(H,24,25)/t14-,15+,18+/m0/s1. The number of benzene rings is 1. The van der Waals surface area contributed by atoms with Gasteiger partial charge in [0.2, 0.25) is 0 Å². The minimum Gasteiger partial charge on any atom is -0.449 e. The van der Waals surface area contributed by atoms with Crippen LogP contribution in [0, 0.1) is 5.92 Å². The first-order valence-electron chi connectivity index (χ1n) is 10.2. The maximum atomic E-state index is 12.4. The Morgan fingerprint density at radius 3 is 2.48 bits per heavy atom. The smallest absolute Gasteiger partial charge is 0.412 e. The molecule has 0 unspecified atom stereocenters. The minimum atomic E-state index is -0.904. The van der Waals surface area contributed by atoms with Crippen molar-refractivity contribution in [3.63, 3.8) is 0 Å². The first kappa shape index (κ1) is 22.7. The summed E-state index contributed by atoms with van der Waals surface area (Å²) in [7, 11) is 0. The highest BCUT2D eigenvalue weighted by molar-refractivity contribution is 5.94. The number of carbonyl (C=O) groups is 3. The lowest BCUT2D eigenvalue weighted by atomic mass is 9.86. The van der Waals surface area contributed by atoms with Gasteiger partial charge in [0.05, 0.1) is 5.56 Å². The molecule has 0 radical (unpaired) electrons. The monoisotopic (exact) mass is 404 g/mol. The Kier molecular flexibility index (Phi) is 7.65. The van der Waals surface area contributed by atoms with Crippen LogP contribution in [0.2, 0.25) is 0 Å². The van der Waals surface area contributed by atoms with Gasteiger partial charge in [0.15, 0.2) is 6.10 Å². The lowest BCUT2D eigenvalue weighted by Crippen LogP contribution is -2.45. The van der Waals surface area contributed by atoms with Crippen molar-refractivity contribution < 1.29 is 23.9 Å². The van der Waals surface area contributed by atoms with Crippen molar-refractivity contribution in [2.45, 2.75) is 78.0 Å². The van der Waals surface area contributed by atoms with Gasteiger partial charge in [-0.05, 0) is 64.7 Å². The van der Waals surface area contributed by atoms with Crippen molar-refractivity contribution in [1.82, 2.24) is 5.32 Å². The molecule has 0 aliphatic heterocycles. The third kappa shape index (κ3) is 7.40. The number of carbonyl (C=O) groups excluding carboxylic acids is 3. The molecule has 0 aromatic heterocycles. The van der Waals surface area contributed by atoms with Gasteiger partial charge in [-0.1, -0.05) is 25.8 Å². The quantitative estimate of drug-likeness (QED) is 0.715. The molecule has 29 heavy (non-hydrogen) atoms. The van der Waals surface area contributed by atoms with E-state index >= 15 is 0 Å². The molecule has 1 aliphatic carbocycles. The number of nitrogens with one attached hydrogen (secondary N) is 2.